The van der Waals surface area contributed by atoms with Crippen LogP contribution >= 0.6 is 27.5 Å². The van der Waals surface area contributed by atoms with E-state index in [0.29, 0.717) is 0 Å². The Balaban J connectivity index is 2.91. The van der Waals surface area contributed by atoms with Crippen molar-refractivity contribution in [1.29, 1.82) is 0 Å². The number of hydrogen-bond acceptors (Lipinski definition) is 2. The largest absolute Gasteiger partial charge is 0.207 e. The Morgan fingerprint density at radius 3 is 3.09 bits per heavy atom. The van der Waals surface area contributed by atoms with E-state index in [1.165, 1.54) is 23.7 Å². The SMILES string of the molecule is Fc1cc(Br)c2sncc2c1. The average molecular weight is 232 g/mol. The van der Waals surface area contributed by atoms with Gasteiger partial charge in [0, 0.05) is 16.1 Å². The van der Waals surface area contributed by atoms with Crippen LogP contribution in [0, 0.1) is 5.82 Å². The first-order valence-electron chi connectivity index (χ1n) is 2.97. The number of benzene rings is 1. The van der Waals surface area contributed by atoms with Gasteiger partial charge in [0.25, 0.3) is 0 Å². The summed E-state index contributed by atoms with van der Waals surface area (Å²) in [6.07, 6.45) is 1.66. The van der Waals surface area contributed by atoms with Gasteiger partial charge in [0.1, 0.15) is 5.82 Å². The number of fused-ring (bicyclic) bond motifs is 1. The molecule has 0 amide bonds. The molecule has 0 radical (unpaired) electrons. The van der Waals surface area contributed by atoms with Crippen molar-refractivity contribution in [3.63, 3.8) is 0 Å². The molecule has 0 aliphatic carbocycles. The number of hydrogen-bond donors (Lipinski definition) is 0. The summed E-state index contributed by atoms with van der Waals surface area (Å²) >= 11 is 4.62. The number of nitrogens with zero attached hydrogens (tertiary/aromatic N) is 1. The van der Waals surface area contributed by atoms with E-state index in [2.05, 4.69) is 20.3 Å². The molecule has 0 bridgehead atoms. The third-order valence-corrected chi connectivity index (χ3v) is 3.11. The molecule has 0 N–H and O–H groups in total. The van der Waals surface area contributed by atoms with E-state index in [-0.39, 0.29) is 5.82 Å². The van der Waals surface area contributed by atoms with Gasteiger partial charge < -0.3 is 0 Å². The van der Waals surface area contributed by atoms with Crippen molar-refractivity contribution in [2.75, 3.05) is 0 Å². The van der Waals surface area contributed by atoms with Gasteiger partial charge in [0.15, 0.2) is 0 Å². The first-order chi connectivity index (χ1) is 5.27. The highest BCUT2D eigenvalue weighted by Crippen LogP contribution is 2.27. The van der Waals surface area contributed by atoms with Crippen LogP contribution in [0.1, 0.15) is 0 Å². The second kappa shape index (κ2) is 2.53. The fourth-order valence-corrected chi connectivity index (χ4v) is 2.21. The summed E-state index contributed by atoms with van der Waals surface area (Å²) in [6.45, 7) is 0. The van der Waals surface area contributed by atoms with Crippen molar-refractivity contribution in [1.82, 2.24) is 4.37 Å². The van der Waals surface area contributed by atoms with E-state index in [1.807, 2.05) is 0 Å². The van der Waals surface area contributed by atoms with Crippen molar-refractivity contribution in [3.8, 4) is 0 Å². The minimum absolute atomic E-state index is 0.232. The maximum absolute atomic E-state index is 12.7. The topological polar surface area (TPSA) is 12.9 Å². The molecule has 0 saturated heterocycles. The van der Waals surface area contributed by atoms with Crippen molar-refractivity contribution < 1.29 is 4.39 Å². The molecule has 56 valence electrons. The van der Waals surface area contributed by atoms with Crippen LogP contribution in [0.2, 0.25) is 0 Å². The van der Waals surface area contributed by atoms with Gasteiger partial charge in [0.05, 0.1) is 4.70 Å². The molecule has 0 aliphatic rings. The number of aromatic nitrogens is 1. The lowest BCUT2D eigenvalue weighted by atomic mass is 10.3. The maximum Gasteiger partial charge on any atom is 0.125 e. The average Bonchev–Trinajstić information content (AvgIpc) is 2.34. The highest BCUT2D eigenvalue weighted by molar-refractivity contribution is 9.10. The molecular formula is C7H3BrFNS. The molecule has 0 aliphatic heterocycles. The molecule has 11 heavy (non-hydrogen) atoms. The lowest BCUT2D eigenvalue weighted by molar-refractivity contribution is 0.629. The standard InChI is InChI=1S/C7H3BrFNS/c8-6-2-5(9)1-4-3-10-11-7(4)6/h1-3H. The maximum atomic E-state index is 12.7. The molecule has 2 aromatic rings. The van der Waals surface area contributed by atoms with Gasteiger partial charge in [-0.1, -0.05) is 0 Å². The predicted octanol–water partition coefficient (Wildman–Crippen LogP) is 3.20. The summed E-state index contributed by atoms with van der Waals surface area (Å²) in [5.41, 5.74) is 0. The van der Waals surface area contributed by atoms with Crippen LogP contribution in [0.4, 0.5) is 4.39 Å². The first-order valence-corrected chi connectivity index (χ1v) is 4.53. The summed E-state index contributed by atoms with van der Waals surface area (Å²) in [7, 11) is 0. The first kappa shape index (κ1) is 7.18. The van der Waals surface area contributed by atoms with Crippen LogP contribution < -0.4 is 0 Å². The zero-order chi connectivity index (χ0) is 7.84. The van der Waals surface area contributed by atoms with E-state index < -0.39 is 0 Å². The van der Waals surface area contributed by atoms with Gasteiger partial charge in [-0.3, -0.25) is 0 Å². The van der Waals surface area contributed by atoms with Crippen molar-refractivity contribution in [3.05, 3.63) is 28.6 Å². The fourth-order valence-electron chi connectivity index (χ4n) is 0.908. The summed E-state index contributed by atoms with van der Waals surface area (Å²) < 4.78 is 18.4. The molecule has 0 unspecified atom stereocenters. The van der Waals surface area contributed by atoms with Crippen LogP contribution in [0.25, 0.3) is 10.1 Å². The molecule has 1 nitrogen and oxygen atoms in total. The van der Waals surface area contributed by atoms with E-state index >= 15 is 0 Å². The Hall–Kier alpha value is -0.480. The van der Waals surface area contributed by atoms with Crippen molar-refractivity contribution in [2.24, 2.45) is 0 Å². The Kier molecular flexibility index (Phi) is 1.65. The fraction of sp³-hybridized carbons (Fsp3) is 0. The predicted molar refractivity (Wildman–Crippen MR) is 47.3 cm³/mol. The van der Waals surface area contributed by atoms with Gasteiger partial charge in [0.2, 0.25) is 0 Å². The summed E-state index contributed by atoms with van der Waals surface area (Å²) in [6, 6.07) is 2.92. The highest BCUT2D eigenvalue weighted by Gasteiger charge is 2.02. The van der Waals surface area contributed by atoms with Crippen molar-refractivity contribution in [2.45, 2.75) is 0 Å². The summed E-state index contributed by atoms with van der Waals surface area (Å²) in [5.74, 6) is -0.232. The van der Waals surface area contributed by atoms with E-state index in [4.69, 9.17) is 0 Å². The van der Waals surface area contributed by atoms with Crippen LogP contribution in [0.3, 0.4) is 0 Å². The Labute approximate surface area is 75.1 Å². The lowest BCUT2D eigenvalue weighted by Gasteiger charge is -1.91. The second-order valence-corrected chi connectivity index (χ2v) is 3.79. The van der Waals surface area contributed by atoms with Crippen LogP contribution in [0.15, 0.2) is 22.8 Å². The number of halogens is 2. The van der Waals surface area contributed by atoms with Gasteiger partial charge in [-0.2, -0.15) is 4.37 Å². The lowest BCUT2D eigenvalue weighted by Crippen LogP contribution is -1.72. The van der Waals surface area contributed by atoms with Gasteiger partial charge >= 0.3 is 0 Å². The molecule has 1 heterocycles. The van der Waals surface area contributed by atoms with E-state index in [9.17, 15) is 4.39 Å². The normalized spacial score (nSPS) is 10.7. The third-order valence-electron chi connectivity index (χ3n) is 1.37. The van der Waals surface area contributed by atoms with Crippen LogP contribution in [-0.2, 0) is 0 Å². The van der Waals surface area contributed by atoms with E-state index in [1.54, 1.807) is 6.20 Å². The van der Waals surface area contributed by atoms with Gasteiger partial charge in [-0.15, -0.1) is 0 Å². The monoisotopic (exact) mass is 231 g/mol. The molecule has 0 spiro atoms. The zero-order valence-corrected chi connectivity index (χ0v) is 7.75. The molecule has 1 aromatic heterocycles. The molecule has 4 heteroatoms. The van der Waals surface area contributed by atoms with Gasteiger partial charge in [-0.25, -0.2) is 4.39 Å². The Morgan fingerprint density at radius 1 is 1.45 bits per heavy atom. The quantitative estimate of drug-likeness (QED) is 0.679. The van der Waals surface area contributed by atoms with Crippen LogP contribution in [0.5, 0.6) is 0 Å². The van der Waals surface area contributed by atoms with Crippen molar-refractivity contribution >= 4 is 37.5 Å². The molecule has 1 aromatic carbocycles. The summed E-state index contributed by atoms with van der Waals surface area (Å²) in [4.78, 5) is 0. The third kappa shape index (κ3) is 1.16. The minimum Gasteiger partial charge on any atom is -0.207 e. The Morgan fingerprint density at radius 2 is 2.27 bits per heavy atom. The smallest absolute Gasteiger partial charge is 0.125 e. The molecule has 0 saturated carbocycles. The Bertz CT molecular complexity index is 398. The molecule has 0 atom stereocenters. The molecule has 0 fully saturated rings. The minimum atomic E-state index is -0.232. The van der Waals surface area contributed by atoms with E-state index in [0.717, 1.165) is 14.6 Å². The zero-order valence-electron chi connectivity index (χ0n) is 5.34. The van der Waals surface area contributed by atoms with Crippen LogP contribution in [-0.4, -0.2) is 4.37 Å². The second-order valence-electron chi connectivity index (χ2n) is 2.13. The molecular weight excluding hydrogens is 229 g/mol. The number of rotatable bonds is 0. The summed E-state index contributed by atoms with van der Waals surface area (Å²) in [5, 5.41) is 0.849. The van der Waals surface area contributed by atoms with Gasteiger partial charge in [-0.05, 0) is 39.6 Å². The highest BCUT2D eigenvalue weighted by atomic mass is 79.9. The molecule has 2 rings (SSSR count).